The summed E-state index contributed by atoms with van der Waals surface area (Å²) in [6.07, 6.45) is 4.21. The average molecular weight is 417 g/mol. The van der Waals surface area contributed by atoms with Crippen LogP contribution < -0.4 is 5.56 Å². The summed E-state index contributed by atoms with van der Waals surface area (Å²) in [6.45, 7) is 0.986. The molecule has 1 atom stereocenters. The molecule has 9 nitrogen and oxygen atoms in total. The molecule has 1 fully saturated rings. The maximum absolute atomic E-state index is 13.2. The summed E-state index contributed by atoms with van der Waals surface area (Å²) in [5.41, 5.74) is 0.369. The predicted octanol–water partition coefficient (Wildman–Crippen LogP) is 1.30. The highest BCUT2D eigenvalue weighted by Crippen LogP contribution is 2.35. The second-order valence-corrected chi connectivity index (χ2v) is 8.93. The molecule has 0 bridgehead atoms. The van der Waals surface area contributed by atoms with Crippen LogP contribution in [-0.2, 0) is 28.4 Å². The minimum atomic E-state index is -3.80. The van der Waals surface area contributed by atoms with E-state index >= 15 is 0 Å². The van der Waals surface area contributed by atoms with Crippen LogP contribution in [-0.4, -0.2) is 52.1 Å². The number of aryl methyl sites for hydroxylation is 1. The van der Waals surface area contributed by atoms with Gasteiger partial charge in [0.1, 0.15) is 5.82 Å². The third kappa shape index (κ3) is 3.47. The Labute approximate surface area is 168 Å². The van der Waals surface area contributed by atoms with E-state index in [0.29, 0.717) is 49.3 Å². The molecule has 10 heteroatoms. The van der Waals surface area contributed by atoms with Crippen molar-refractivity contribution >= 4 is 20.9 Å². The highest BCUT2D eigenvalue weighted by Gasteiger charge is 2.39. The summed E-state index contributed by atoms with van der Waals surface area (Å²) >= 11 is 0. The van der Waals surface area contributed by atoms with Gasteiger partial charge in [-0.1, -0.05) is 12.1 Å². The summed E-state index contributed by atoms with van der Waals surface area (Å²) in [4.78, 5) is 21.9. The first kappa shape index (κ1) is 19.7. The van der Waals surface area contributed by atoms with Crippen molar-refractivity contribution in [1.29, 1.82) is 0 Å². The normalized spacial score (nSPS) is 17.9. The Morgan fingerprint density at radius 2 is 2.07 bits per heavy atom. The van der Waals surface area contributed by atoms with E-state index < -0.39 is 16.1 Å². The molecular weight excluding hydrogens is 394 g/mol. The second kappa shape index (κ2) is 7.69. The van der Waals surface area contributed by atoms with Crippen LogP contribution in [0.25, 0.3) is 10.9 Å². The molecule has 154 valence electrons. The van der Waals surface area contributed by atoms with Crippen LogP contribution in [0.5, 0.6) is 0 Å². The van der Waals surface area contributed by atoms with Gasteiger partial charge in [0.05, 0.1) is 36.4 Å². The van der Waals surface area contributed by atoms with Crippen LogP contribution in [0.2, 0.25) is 0 Å². The van der Waals surface area contributed by atoms with Gasteiger partial charge in [-0.3, -0.25) is 9.36 Å². The fraction of sp³-hybridized carbons (Fsp3) is 0.421. The molecule has 3 aromatic rings. The molecule has 4 rings (SSSR count). The molecule has 1 saturated heterocycles. The Morgan fingerprint density at radius 3 is 2.79 bits per heavy atom. The van der Waals surface area contributed by atoms with Crippen LogP contribution in [0.15, 0.2) is 46.6 Å². The van der Waals surface area contributed by atoms with E-state index in [1.807, 2.05) is 6.07 Å². The Hall–Kier alpha value is -2.56. The van der Waals surface area contributed by atoms with Gasteiger partial charge in [0, 0.05) is 26.9 Å². The van der Waals surface area contributed by atoms with Gasteiger partial charge >= 0.3 is 0 Å². The van der Waals surface area contributed by atoms with Crippen LogP contribution in [0.4, 0.5) is 0 Å². The number of aromatic nitrogens is 4. The van der Waals surface area contributed by atoms with E-state index in [1.54, 1.807) is 41.5 Å². The summed E-state index contributed by atoms with van der Waals surface area (Å²) in [7, 11) is -0.519. The largest absolute Gasteiger partial charge is 0.383 e. The fourth-order valence-corrected chi connectivity index (χ4v) is 5.39. The molecule has 0 aliphatic carbocycles. The van der Waals surface area contributed by atoms with Crippen molar-refractivity contribution in [2.24, 2.45) is 7.05 Å². The van der Waals surface area contributed by atoms with Gasteiger partial charge in [-0.25, -0.2) is 18.4 Å². The summed E-state index contributed by atoms with van der Waals surface area (Å²) in [6, 6.07) is 6.58. The highest BCUT2D eigenvalue weighted by molar-refractivity contribution is 7.89. The molecule has 1 aliphatic rings. The molecular formula is C19H23N5O4S. The summed E-state index contributed by atoms with van der Waals surface area (Å²) in [5, 5.41) is 0.503. The van der Waals surface area contributed by atoms with Gasteiger partial charge in [0.2, 0.25) is 0 Å². The van der Waals surface area contributed by atoms with Crippen LogP contribution >= 0.6 is 0 Å². The molecule has 1 aromatic carbocycles. The first-order valence-electron chi connectivity index (χ1n) is 9.41. The highest BCUT2D eigenvalue weighted by atomic mass is 32.2. The number of para-hydroxylation sites is 1. The smallest absolute Gasteiger partial charge is 0.262 e. The SMILES string of the molecule is COCCn1c(C2CCCN2S(=O)(=O)c2cn(C)cn2)nc2ccccc2c1=O. The van der Waals surface area contributed by atoms with Crippen molar-refractivity contribution in [3.8, 4) is 0 Å². The van der Waals surface area contributed by atoms with Crippen molar-refractivity contribution < 1.29 is 13.2 Å². The number of imidazole rings is 1. The maximum atomic E-state index is 13.2. The lowest BCUT2D eigenvalue weighted by atomic mass is 10.2. The summed E-state index contributed by atoms with van der Waals surface area (Å²) < 4.78 is 36.2. The molecule has 0 N–H and O–H groups in total. The first-order valence-corrected chi connectivity index (χ1v) is 10.9. The van der Waals surface area contributed by atoms with E-state index in [9.17, 15) is 13.2 Å². The maximum Gasteiger partial charge on any atom is 0.262 e. The lowest BCUT2D eigenvalue weighted by molar-refractivity contribution is 0.183. The Bertz CT molecular complexity index is 1200. The lowest BCUT2D eigenvalue weighted by Gasteiger charge is -2.25. The van der Waals surface area contributed by atoms with Crippen molar-refractivity contribution in [1.82, 2.24) is 23.4 Å². The average Bonchev–Trinajstić information content (AvgIpc) is 3.37. The van der Waals surface area contributed by atoms with Gasteiger partial charge in [-0.15, -0.1) is 0 Å². The van der Waals surface area contributed by atoms with Crippen molar-refractivity contribution in [2.75, 3.05) is 20.3 Å². The van der Waals surface area contributed by atoms with Gasteiger partial charge in [-0.2, -0.15) is 4.31 Å². The van der Waals surface area contributed by atoms with Gasteiger partial charge in [0.25, 0.3) is 15.6 Å². The number of hydrogen-bond donors (Lipinski definition) is 0. The zero-order valence-electron chi connectivity index (χ0n) is 16.4. The number of nitrogens with zero attached hydrogens (tertiary/aromatic N) is 5. The van der Waals surface area contributed by atoms with Crippen molar-refractivity contribution in [3.05, 3.63) is 53.0 Å². The van der Waals surface area contributed by atoms with E-state index in [2.05, 4.69) is 4.98 Å². The predicted molar refractivity (Wildman–Crippen MR) is 107 cm³/mol. The van der Waals surface area contributed by atoms with Crippen molar-refractivity contribution in [3.63, 3.8) is 0 Å². The molecule has 3 heterocycles. The molecule has 2 aromatic heterocycles. The number of ether oxygens (including phenoxy) is 1. The fourth-order valence-electron chi connectivity index (χ4n) is 3.77. The number of sulfonamides is 1. The van der Waals surface area contributed by atoms with Gasteiger partial charge in [0.15, 0.2) is 5.03 Å². The Kier molecular flexibility index (Phi) is 5.24. The van der Waals surface area contributed by atoms with Crippen LogP contribution in [0.3, 0.4) is 0 Å². The minimum Gasteiger partial charge on any atom is -0.383 e. The van der Waals surface area contributed by atoms with Gasteiger partial charge < -0.3 is 9.30 Å². The van der Waals surface area contributed by atoms with E-state index in [4.69, 9.17) is 9.72 Å². The topological polar surface area (TPSA) is 99.3 Å². The standard InChI is InChI=1S/C19H23N5O4S/c1-22-12-17(20-13-22)29(26,27)24-9-5-8-16(24)18-21-15-7-4-3-6-14(15)19(25)23(18)10-11-28-2/h3-4,6-7,12-13,16H,5,8-11H2,1-2H3. The zero-order chi connectivity index (χ0) is 20.6. The van der Waals surface area contributed by atoms with E-state index in [0.717, 1.165) is 0 Å². The first-order chi connectivity index (χ1) is 13.9. The molecule has 1 aliphatic heterocycles. The van der Waals surface area contributed by atoms with Crippen molar-refractivity contribution in [2.45, 2.75) is 30.5 Å². The molecule has 0 radical (unpaired) electrons. The molecule has 0 saturated carbocycles. The summed E-state index contributed by atoms with van der Waals surface area (Å²) in [5.74, 6) is 0.447. The molecule has 29 heavy (non-hydrogen) atoms. The lowest BCUT2D eigenvalue weighted by Crippen LogP contribution is -2.36. The zero-order valence-corrected chi connectivity index (χ0v) is 17.2. The Balaban J connectivity index is 1.85. The van der Waals surface area contributed by atoms with E-state index in [1.165, 1.54) is 16.8 Å². The van der Waals surface area contributed by atoms with Gasteiger partial charge in [-0.05, 0) is 25.0 Å². The van der Waals surface area contributed by atoms with Crippen LogP contribution in [0.1, 0.15) is 24.7 Å². The second-order valence-electron chi connectivity index (χ2n) is 7.09. The number of methoxy groups -OCH3 is 1. The third-order valence-corrected chi connectivity index (χ3v) is 6.96. The number of benzene rings is 1. The Morgan fingerprint density at radius 1 is 1.28 bits per heavy atom. The molecule has 0 spiro atoms. The minimum absolute atomic E-state index is 0.00141. The monoisotopic (exact) mass is 417 g/mol. The molecule has 0 amide bonds. The number of rotatable bonds is 6. The molecule has 1 unspecified atom stereocenters. The number of hydrogen-bond acceptors (Lipinski definition) is 6. The van der Waals surface area contributed by atoms with Crippen LogP contribution in [0, 0.1) is 0 Å². The third-order valence-electron chi connectivity index (χ3n) is 5.17. The van der Waals surface area contributed by atoms with E-state index in [-0.39, 0.29) is 10.6 Å². The quantitative estimate of drug-likeness (QED) is 0.600. The number of fused-ring (bicyclic) bond motifs is 1.